The molecule has 1 aromatic carbocycles. The van der Waals surface area contributed by atoms with Gasteiger partial charge in [-0.05, 0) is 44.2 Å². The van der Waals surface area contributed by atoms with E-state index in [0.29, 0.717) is 39.2 Å². The molecule has 1 atom stereocenters. The first kappa shape index (κ1) is 25.4. The first-order chi connectivity index (χ1) is 14.6. The van der Waals surface area contributed by atoms with E-state index in [2.05, 4.69) is 22.3 Å². The van der Waals surface area contributed by atoms with Gasteiger partial charge in [0.1, 0.15) is 0 Å². The largest absolute Gasteiger partial charge is 0.466 e. The number of nitrogens with one attached hydrogen (secondary N) is 1. The van der Waals surface area contributed by atoms with Crippen molar-refractivity contribution in [2.45, 2.75) is 52.6 Å². The summed E-state index contributed by atoms with van der Waals surface area (Å²) in [6.45, 7) is 8.60. The Morgan fingerprint density at radius 1 is 1.16 bits per heavy atom. The Balaban J connectivity index is 0.00000341. The van der Waals surface area contributed by atoms with Crippen molar-refractivity contribution in [3.8, 4) is 0 Å². The second-order valence-corrected chi connectivity index (χ2v) is 7.89. The number of esters is 1. The summed E-state index contributed by atoms with van der Waals surface area (Å²) in [5, 5.41) is 3.33. The molecule has 31 heavy (non-hydrogen) atoms. The maximum Gasteiger partial charge on any atom is 0.310 e. The quantitative estimate of drug-likeness (QED) is 0.189. The van der Waals surface area contributed by atoms with Crippen LogP contribution in [0.1, 0.15) is 50.7 Å². The molecule has 7 nitrogen and oxygen atoms in total. The van der Waals surface area contributed by atoms with Crippen LogP contribution in [0.15, 0.2) is 29.3 Å². The fraction of sp³-hybridized carbons (Fsp3) is 0.609. The number of likely N-dealkylation sites (tertiary alicyclic amines) is 1. The summed E-state index contributed by atoms with van der Waals surface area (Å²) < 4.78 is 5.20. The third-order valence-electron chi connectivity index (χ3n) is 5.68. The average Bonchev–Trinajstić information content (AvgIpc) is 3.20. The van der Waals surface area contributed by atoms with Crippen LogP contribution in [0.25, 0.3) is 0 Å². The summed E-state index contributed by atoms with van der Waals surface area (Å²) in [6, 6.07) is 8.24. The minimum absolute atomic E-state index is 0. The molecular weight excluding hydrogens is 507 g/mol. The van der Waals surface area contributed by atoms with Crippen LogP contribution in [0.5, 0.6) is 0 Å². The van der Waals surface area contributed by atoms with Crippen LogP contribution in [-0.4, -0.2) is 60.4 Å². The highest BCUT2D eigenvalue weighted by atomic mass is 127. The second kappa shape index (κ2) is 12.9. The van der Waals surface area contributed by atoms with Crippen LogP contribution in [0.2, 0.25) is 0 Å². The van der Waals surface area contributed by atoms with E-state index < -0.39 is 0 Å². The molecule has 0 saturated carbocycles. The molecule has 8 heteroatoms. The van der Waals surface area contributed by atoms with Crippen molar-refractivity contribution in [3.63, 3.8) is 0 Å². The van der Waals surface area contributed by atoms with Gasteiger partial charge in [0.25, 0.3) is 0 Å². The van der Waals surface area contributed by atoms with Crippen LogP contribution >= 0.6 is 24.0 Å². The van der Waals surface area contributed by atoms with E-state index in [4.69, 9.17) is 9.73 Å². The summed E-state index contributed by atoms with van der Waals surface area (Å²) in [5.74, 6) is 0.801. The third-order valence-corrected chi connectivity index (χ3v) is 5.68. The van der Waals surface area contributed by atoms with E-state index in [0.717, 1.165) is 38.3 Å². The molecule has 2 heterocycles. The molecule has 1 saturated heterocycles. The summed E-state index contributed by atoms with van der Waals surface area (Å²) >= 11 is 0. The number of fused-ring (bicyclic) bond motifs is 1. The predicted molar refractivity (Wildman–Crippen MR) is 132 cm³/mol. The highest BCUT2D eigenvalue weighted by molar-refractivity contribution is 14.0. The molecular formula is C23H35IN4O3. The molecule has 0 aromatic heterocycles. The van der Waals surface area contributed by atoms with Crippen molar-refractivity contribution in [1.29, 1.82) is 0 Å². The number of amides is 1. The van der Waals surface area contributed by atoms with E-state index in [1.54, 1.807) is 0 Å². The van der Waals surface area contributed by atoms with Crippen molar-refractivity contribution in [3.05, 3.63) is 35.4 Å². The van der Waals surface area contributed by atoms with Crippen molar-refractivity contribution in [2.24, 2.45) is 10.9 Å². The molecule has 2 aliphatic heterocycles. The number of halogens is 1. The number of carbonyl (C=O) groups is 2. The zero-order valence-corrected chi connectivity index (χ0v) is 21.0. The number of ether oxygens (including phenoxy) is 1. The van der Waals surface area contributed by atoms with Gasteiger partial charge in [-0.1, -0.05) is 24.3 Å². The van der Waals surface area contributed by atoms with Crippen LogP contribution in [-0.2, 0) is 27.4 Å². The minimum Gasteiger partial charge on any atom is -0.466 e. The highest BCUT2D eigenvalue weighted by Gasteiger charge is 2.28. The molecule has 0 aliphatic carbocycles. The Labute approximate surface area is 202 Å². The predicted octanol–water partition coefficient (Wildman–Crippen LogP) is 3.17. The van der Waals surface area contributed by atoms with E-state index in [-0.39, 0.29) is 41.8 Å². The number of nitrogens with zero attached hydrogens (tertiary/aromatic N) is 3. The highest BCUT2D eigenvalue weighted by Crippen LogP contribution is 2.23. The molecule has 1 amide bonds. The number of benzene rings is 1. The zero-order valence-electron chi connectivity index (χ0n) is 18.6. The number of piperidine rings is 1. The normalized spacial score (nSPS) is 18.3. The number of aliphatic imine (C=N–C) groups is 1. The fourth-order valence-electron chi connectivity index (χ4n) is 4.13. The fourth-order valence-corrected chi connectivity index (χ4v) is 4.13. The van der Waals surface area contributed by atoms with Gasteiger partial charge in [0.05, 0.1) is 12.5 Å². The molecule has 3 rings (SSSR count). The van der Waals surface area contributed by atoms with Gasteiger partial charge >= 0.3 is 5.97 Å². The van der Waals surface area contributed by atoms with Crippen LogP contribution < -0.4 is 5.32 Å². The molecule has 1 unspecified atom stereocenters. The van der Waals surface area contributed by atoms with Crippen molar-refractivity contribution in [2.75, 3.05) is 32.8 Å². The van der Waals surface area contributed by atoms with E-state index in [1.807, 2.05) is 30.9 Å². The smallest absolute Gasteiger partial charge is 0.310 e. The monoisotopic (exact) mass is 542 g/mol. The Bertz CT molecular complexity index is 746. The maximum atomic E-state index is 12.6. The Hall–Kier alpha value is -1.84. The van der Waals surface area contributed by atoms with E-state index >= 15 is 0 Å². The van der Waals surface area contributed by atoms with Gasteiger partial charge in [-0.2, -0.15) is 0 Å². The van der Waals surface area contributed by atoms with E-state index in [1.165, 1.54) is 11.1 Å². The molecule has 1 N–H and O–H groups in total. The van der Waals surface area contributed by atoms with Gasteiger partial charge < -0.3 is 19.9 Å². The molecule has 0 spiro atoms. The number of hydrogen-bond donors (Lipinski definition) is 1. The topological polar surface area (TPSA) is 74.2 Å². The van der Waals surface area contributed by atoms with Crippen molar-refractivity contribution in [1.82, 2.24) is 15.1 Å². The molecule has 2 aliphatic rings. The number of hydrogen-bond acceptors (Lipinski definition) is 4. The molecule has 1 aromatic rings. The van der Waals surface area contributed by atoms with Crippen molar-refractivity contribution >= 4 is 41.8 Å². The summed E-state index contributed by atoms with van der Waals surface area (Å²) in [5.41, 5.74) is 2.50. The zero-order chi connectivity index (χ0) is 21.3. The molecule has 0 radical (unpaired) electrons. The van der Waals surface area contributed by atoms with Crippen LogP contribution in [0, 0.1) is 5.92 Å². The Morgan fingerprint density at radius 2 is 1.87 bits per heavy atom. The molecule has 1 fully saturated rings. The Kier molecular flexibility index (Phi) is 10.6. The van der Waals surface area contributed by atoms with Gasteiger partial charge in [-0.15, -0.1) is 24.0 Å². The van der Waals surface area contributed by atoms with E-state index in [9.17, 15) is 9.59 Å². The molecule has 172 valence electrons. The number of guanidine groups is 1. The first-order valence-electron chi connectivity index (χ1n) is 11.2. The first-order valence-corrected chi connectivity index (χ1v) is 11.2. The lowest BCUT2D eigenvalue weighted by Gasteiger charge is -2.34. The summed E-state index contributed by atoms with van der Waals surface area (Å²) in [6.07, 6.45) is 3.03. The second-order valence-electron chi connectivity index (χ2n) is 7.89. The van der Waals surface area contributed by atoms with Gasteiger partial charge in [0, 0.05) is 45.7 Å². The lowest BCUT2D eigenvalue weighted by molar-refractivity contribution is -0.149. The van der Waals surface area contributed by atoms with Gasteiger partial charge in [0.15, 0.2) is 5.96 Å². The molecule has 0 bridgehead atoms. The number of carbonyl (C=O) groups excluding carboxylic acids is 2. The van der Waals surface area contributed by atoms with Gasteiger partial charge in [-0.3, -0.25) is 14.6 Å². The lowest BCUT2D eigenvalue weighted by atomic mass is 9.98. The summed E-state index contributed by atoms with van der Waals surface area (Å²) in [4.78, 5) is 33.5. The van der Waals surface area contributed by atoms with Crippen LogP contribution in [0.3, 0.4) is 0 Å². The van der Waals surface area contributed by atoms with Crippen molar-refractivity contribution < 1.29 is 14.3 Å². The van der Waals surface area contributed by atoms with Gasteiger partial charge in [-0.25, -0.2) is 0 Å². The van der Waals surface area contributed by atoms with Crippen LogP contribution in [0.4, 0.5) is 0 Å². The minimum atomic E-state index is -0.116. The number of rotatable bonds is 7. The third kappa shape index (κ3) is 7.08. The lowest BCUT2D eigenvalue weighted by Crippen LogP contribution is -2.48. The van der Waals surface area contributed by atoms with Gasteiger partial charge in [0.2, 0.25) is 5.91 Å². The standard InChI is InChI=1S/C23H34N4O3.HI/c1-3-24-23(26-14-8-11-20(17-26)22(29)30-4-2)25-13-7-12-21(28)27-15-18-9-5-6-10-19(18)16-27;/h5-6,9-10,20H,3-4,7-8,11-17H2,1-2H3,(H,24,25);1H. The summed E-state index contributed by atoms with van der Waals surface area (Å²) in [7, 11) is 0. The SMILES string of the molecule is CCNC(=NCCCC(=O)N1Cc2ccccc2C1)N1CCCC(C(=O)OCC)C1.I. The Morgan fingerprint density at radius 3 is 2.52 bits per heavy atom. The average molecular weight is 542 g/mol. The maximum absolute atomic E-state index is 12.6.